The molecule has 1 aliphatic heterocycles. The summed E-state index contributed by atoms with van der Waals surface area (Å²) in [5.74, 6) is 0.462. The summed E-state index contributed by atoms with van der Waals surface area (Å²) >= 11 is 0. The standard InChI is InChI=1S/C24H29NO3/c1-27-22-14-19-13-20(24(26)21(19)15-23(22)28-2)12-17-8-10-25(11-9-17)16-18-6-4-3-5-7-18/h3-7,14-15,17,20H,8-13,16H2,1-2H3/t20-/m1/s1/i20D. The highest BCUT2D eigenvalue weighted by molar-refractivity contribution is 6.02. The topological polar surface area (TPSA) is 38.8 Å². The summed E-state index contributed by atoms with van der Waals surface area (Å²) in [6.07, 6.45) is 3.18. The third kappa shape index (κ3) is 3.93. The van der Waals surface area contributed by atoms with E-state index in [2.05, 4.69) is 29.2 Å². The minimum Gasteiger partial charge on any atom is -0.493 e. The van der Waals surface area contributed by atoms with Gasteiger partial charge in [0.2, 0.25) is 0 Å². The van der Waals surface area contributed by atoms with E-state index in [9.17, 15) is 4.79 Å². The van der Waals surface area contributed by atoms with Crippen molar-refractivity contribution < 1.29 is 15.6 Å². The van der Waals surface area contributed by atoms with Gasteiger partial charge >= 0.3 is 0 Å². The van der Waals surface area contributed by atoms with Crippen LogP contribution in [0.5, 0.6) is 11.5 Å². The average Bonchev–Trinajstić information content (AvgIpc) is 2.98. The Bertz CT molecular complexity index is 877. The molecule has 28 heavy (non-hydrogen) atoms. The molecule has 0 bridgehead atoms. The average molecular weight is 381 g/mol. The summed E-state index contributed by atoms with van der Waals surface area (Å²) < 4.78 is 19.7. The highest BCUT2D eigenvalue weighted by Gasteiger charge is 2.34. The summed E-state index contributed by atoms with van der Waals surface area (Å²) in [4.78, 5) is 15.5. The van der Waals surface area contributed by atoms with Gasteiger partial charge in [-0.25, -0.2) is 0 Å². The Labute approximate surface area is 168 Å². The SMILES string of the molecule is [2H][C@@]1(CC2CCN(Cc3ccccc3)CC2)Cc2cc(OC)c(OC)cc2C1=O. The third-order valence-electron chi connectivity index (χ3n) is 6.07. The van der Waals surface area contributed by atoms with Gasteiger partial charge in [-0.1, -0.05) is 30.3 Å². The lowest BCUT2D eigenvalue weighted by Gasteiger charge is -2.32. The van der Waals surface area contributed by atoms with E-state index in [-0.39, 0.29) is 5.78 Å². The molecule has 148 valence electrons. The lowest BCUT2D eigenvalue weighted by molar-refractivity contribution is 0.0895. The van der Waals surface area contributed by atoms with Gasteiger partial charge < -0.3 is 9.47 Å². The predicted octanol–water partition coefficient (Wildman–Crippen LogP) is 4.36. The first-order valence-corrected chi connectivity index (χ1v) is 10.1. The van der Waals surface area contributed by atoms with Crippen LogP contribution in [0.2, 0.25) is 0 Å². The quantitative estimate of drug-likeness (QED) is 0.746. The minimum atomic E-state index is -1.06. The Hall–Kier alpha value is -2.33. The molecule has 1 aliphatic carbocycles. The van der Waals surface area contributed by atoms with E-state index < -0.39 is 5.89 Å². The van der Waals surface area contributed by atoms with E-state index >= 15 is 0 Å². The van der Waals surface area contributed by atoms with Crippen molar-refractivity contribution in [2.75, 3.05) is 27.3 Å². The Balaban J connectivity index is 1.39. The highest BCUT2D eigenvalue weighted by atomic mass is 16.5. The predicted molar refractivity (Wildman–Crippen MR) is 110 cm³/mol. The third-order valence-corrected chi connectivity index (χ3v) is 6.07. The number of ketones is 1. The van der Waals surface area contributed by atoms with Crippen LogP contribution in [0.1, 0.15) is 42.1 Å². The van der Waals surface area contributed by atoms with Gasteiger partial charge in [0, 0.05) is 19.4 Å². The molecule has 1 atom stereocenters. The summed E-state index contributed by atoms with van der Waals surface area (Å²) in [6.45, 7) is 3.03. The molecule has 4 rings (SSSR count). The summed E-state index contributed by atoms with van der Waals surface area (Å²) in [5.41, 5.74) is 2.87. The second kappa shape index (κ2) is 8.36. The van der Waals surface area contributed by atoms with Crippen molar-refractivity contribution in [2.45, 2.75) is 32.2 Å². The molecule has 1 heterocycles. The van der Waals surface area contributed by atoms with Gasteiger partial charge in [0.05, 0.1) is 14.2 Å². The van der Waals surface area contributed by atoms with Crippen LogP contribution in [0.25, 0.3) is 0 Å². The van der Waals surface area contributed by atoms with E-state index in [4.69, 9.17) is 10.8 Å². The molecule has 2 aliphatic rings. The van der Waals surface area contributed by atoms with Crippen molar-refractivity contribution in [1.82, 2.24) is 4.90 Å². The van der Waals surface area contributed by atoms with Crippen molar-refractivity contribution >= 4 is 5.78 Å². The largest absolute Gasteiger partial charge is 0.493 e. The fourth-order valence-electron chi connectivity index (χ4n) is 4.48. The maximum Gasteiger partial charge on any atom is 0.166 e. The van der Waals surface area contributed by atoms with Crippen LogP contribution in [0.15, 0.2) is 42.5 Å². The number of likely N-dealkylation sites (tertiary alicyclic amines) is 1. The Morgan fingerprint density at radius 3 is 2.43 bits per heavy atom. The van der Waals surface area contributed by atoms with Crippen molar-refractivity contribution in [3.8, 4) is 11.5 Å². The molecule has 1 saturated heterocycles. The molecule has 1 fully saturated rings. The fourth-order valence-corrected chi connectivity index (χ4v) is 4.48. The van der Waals surface area contributed by atoms with Crippen molar-refractivity contribution in [3.63, 3.8) is 0 Å². The first-order chi connectivity index (χ1) is 14.0. The van der Waals surface area contributed by atoms with Crippen LogP contribution in [-0.2, 0) is 13.0 Å². The van der Waals surface area contributed by atoms with Crippen LogP contribution in [0, 0.1) is 11.8 Å². The van der Waals surface area contributed by atoms with Crippen molar-refractivity contribution in [2.24, 2.45) is 11.8 Å². The molecule has 0 saturated carbocycles. The molecule has 0 N–H and O–H groups in total. The van der Waals surface area contributed by atoms with E-state index in [0.29, 0.717) is 35.8 Å². The molecule has 0 spiro atoms. The number of Topliss-reactive ketones (excluding diaryl/α,β-unsaturated/α-hetero) is 1. The first kappa shape index (κ1) is 17.7. The number of piperidine rings is 1. The van der Waals surface area contributed by atoms with Crippen LogP contribution in [-0.4, -0.2) is 38.0 Å². The zero-order chi connectivity index (χ0) is 20.4. The Kier molecular flexibility index (Phi) is 5.30. The van der Waals surface area contributed by atoms with Gasteiger partial charge in [-0.2, -0.15) is 0 Å². The monoisotopic (exact) mass is 380 g/mol. The lowest BCUT2D eigenvalue weighted by Crippen LogP contribution is -2.34. The fraction of sp³-hybridized carbons (Fsp3) is 0.458. The number of carbonyl (C=O) groups is 1. The van der Waals surface area contributed by atoms with Gasteiger partial charge in [0.15, 0.2) is 17.3 Å². The van der Waals surface area contributed by atoms with E-state index in [1.165, 1.54) is 5.56 Å². The Morgan fingerprint density at radius 1 is 1.07 bits per heavy atom. The van der Waals surface area contributed by atoms with Crippen molar-refractivity contribution in [1.29, 1.82) is 0 Å². The van der Waals surface area contributed by atoms with Gasteiger partial charge in [0.1, 0.15) is 0 Å². The first-order valence-electron chi connectivity index (χ1n) is 10.6. The minimum absolute atomic E-state index is 0.0693. The number of carbonyl (C=O) groups excluding carboxylic acids is 1. The van der Waals surface area contributed by atoms with Crippen LogP contribution >= 0.6 is 0 Å². The smallest absolute Gasteiger partial charge is 0.166 e. The number of benzene rings is 2. The molecule has 2 aromatic rings. The molecular weight excluding hydrogens is 350 g/mol. The maximum absolute atomic E-state index is 13.1. The summed E-state index contributed by atoms with van der Waals surface area (Å²) in [7, 11) is 3.17. The van der Waals surface area contributed by atoms with Crippen molar-refractivity contribution in [3.05, 3.63) is 59.2 Å². The van der Waals surface area contributed by atoms with Crippen LogP contribution in [0.4, 0.5) is 0 Å². The highest BCUT2D eigenvalue weighted by Crippen LogP contribution is 2.39. The second-order valence-electron chi connectivity index (χ2n) is 7.88. The number of ether oxygens (including phenoxy) is 2. The van der Waals surface area contributed by atoms with E-state index in [0.717, 1.165) is 38.0 Å². The molecule has 4 heteroatoms. The number of hydrogen-bond acceptors (Lipinski definition) is 4. The van der Waals surface area contributed by atoms with E-state index in [1.54, 1.807) is 20.3 Å². The van der Waals surface area contributed by atoms with Gasteiger partial charge in [-0.3, -0.25) is 9.69 Å². The molecule has 0 amide bonds. The number of fused-ring (bicyclic) bond motifs is 1. The lowest BCUT2D eigenvalue weighted by atomic mass is 9.85. The molecule has 2 aromatic carbocycles. The van der Waals surface area contributed by atoms with Crippen LogP contribution < -0.4 is 9.47 Å². The number of rotatable bonds is 6. The maximum atomic E-state index is 13.1. The number of methoxy groups -OCH3 is 2. The van der Waals surface area contributed by atoms with Gasteiger partial charge in [-0.05, 0) is 68.0 Å². The van der Waals surface area contributed by atoms with Gasteiger partial charge in [-0.15, -0.1) is 0 Å². The summed E-state index contributed by atoms with van der Waals surface area (Å²) in [6, 6.07) is 14.2. The zero-order valence-corrected chi connectivity index (χ0v) is 16.7. The number of hydrogen-bond donors (Lipinski definition) is 0. The Morgan fingerprint density at radius 2 is 1.75 bits per heavy atom. The normalized spacial score (nSPS) is 23.4. The molecular formula is C24H29NO3. The van der Waals surface area contributed by atoms with Gasteiger partial charge in [0.25, 0.3) is 0 Å². The van der Waals surface area contributed by atoms with E-state index in [1.807, 2.05) is 12.1 Å². The second-order valence-corrected chi connectivity index (χ2v) is 7.88. The molecule has 0 unspecified atom stereocenters. The summed E-state index contributed by atoms with van der Waals surface area (Å²) in [5, 5.41) is 0. The number of nitrogens with zero attached hydrogens (tertiary/aromatic N) is 1. The molecule has 0 radical (unpaired) electrons. The van der Waals surface area contributed by atoms with Crippen LogP contribution in [0.3, 0.4) is 0 Å². The molecule has 4 nitrogen and oxygen atoms in total. The molecule has 0 aromatic heterocycles. The zero-order valence-electron chi connectivity index (χ0n) is 17.7.